The molecule has 0 radical (unpaired) electrons. The molecule has 2 unspecified atom stereocenters. The van der Waals surface area contributed by atoms with E-state index in [1.54, 1.807) is 20.1 Å². The van der Waals surface area contributed by atoms with Crippen LogP contribution in [-0.4, -0.2) is 67.6 Å². The molecule has 1 aliphatic heterocycles. The van der Waals surface area contributed by atoms with E-state index in [0.29, 0.717) is 29.6 Å². The lowest BCUT2D eigenvalue weighted by molar-refractivity contribution is -0.133. The summed E-state index contributed by atoms with van der Waals surface area (Å²) in [4.78, 5) is 30.4. The Morgan fingerprint density at radius 1 is 1.13 bits per heavy atom. The number of ether oxygens (including phenoxy) is 1. The maximum atomic E-state index is 13.9. The van der Waals surface area contributed by atoms with Gasteiger partial charge in [-0.3, -0.25) is 9.59 Å². The highest BCUT2D eigenvalue weighted by atomic mass is 35.5. The third kappa shape index (κ3) is 7.72. The number of amides is 2. The van der Waals surface area contributed by atoms with E-state index < -0.39 is 5.41 Å². The summed E-state index contributed by atoms with van der Waals surface area (Å²) < 4.78 is 5.19. The van der Waals surface area contributed by atoms with Gasteiger partial charge in [0.1, 0.15) is 0 Å². The fourth-order valence-electron chi connectivity index (χ4n) is 5.28. The third-order valence-electron chi connectivity index (χ3n) is 7.84. The van der Waals surface area contributed by atoms with E-state index in [4.69, 9.17) is 27.9 Å². The number of piperidine rings is 1. The van der Waals surface area contributed by atoms with Crippen molar-refractivity contribution in [1.29, 1.82) is 0 Å². The molecule has 0 aliphatic carbocycles. The molecule has 0 bridgehead atoms. The zero-order chi connectivity index (χ0) is 27.7. The van der Waals surface area contributed by atoms with Crippen molar-refractivity contribution in [1.82, 2.24) is 15.1 Å². The average molecular weight is 563 g/mol. The second-order valence-corrected chi connectivity index (χ2v) is 11.1. The number of rotatable bonds is 12. The van der Waals surface area contributed by atoms with Gasteiger partial charge in [-0.15, -0.1) is 0 Å². The molecule has 1 N–H and O–H groups in total. The fourth-order valence-corrected chi connectivity index (χ4v) is 5.57. The Bertz CT molecular complexity index is 1060. The zero-order valence-corrected chi connectivity index (χ0v) is 24.5. The van der Waals surface area contributed by atoms with Crippen molar-refractivity contribution >= 4 is 35.0 Å². The summed E-state index contributed by atoms with van der Waals surface area (Å²) in [6.45, 7) is 9.37. The topological polar surface area (TPSA) is 61.9 Å². The van der Waals surface area contributed by atoms with Crippen molar-refractivity contribution in [2.75, 3.05) is 39.9 Å². The molecule has 1 heterocycles. The van der Waals surface area contributed by atoms with E-state index in [9.17, 15) is 9.59 Å². The highest BCUT2D eigenvalue weighted by Gasteiger charge is 2.37. The molecule has 1 saturated heterocycles. The normalized spacial score (nSPS) is 17.0. The predicted molar refractivity (Wildman–Crippen MR) is 155 cm³/mol. The van der Waals surface area contributed by atoms with Crippen LogP contribution < -0.4 is 5.32 Å². The summed E-state index contributed by atoms with van der Waals surface area (Å²) in [7, 11) is 1.66. The van der Waals surface area contributed by atoms with E-state index in [0.717, 1.165) is 50.0 Å². The van der Waals surface area contributed by atoms with Crippen molar-refractivity contribution in [2.45, 2.75) is 64.0 Å². The van der Waals surface area contributed by atoms with Crippen LogP contribution >= 0.6 is 23.2 Å². The standard InChI is InChI=1S/C30H41Cl2N3O3/c1-5-28(23-9-7-6-8-10-23)33-29(37)30(3,24-11-12-26(31)27(32)21-24)15-18-34-16-13-25(14-17-34)35(22(2)36)19-20-38-4/h6-12,21,25,28H,5,13-20H2,1-4H3,(H,33,37). The molecule has 208 valence electrons. The molecule has 1 fully saturated rings. The Labute approximate surface area is 237 Å². The Morgan fingerprint density at radius 3 is 2.39 bits per heavy atom. The Morgan fingerprint density at radius 2 is 1.82 bits per heavy atom. The van der Waals surface area contributed by atoms with Crippen LogP contribution in [0.5, 0.6) is 0 Å². The lowest BCUT2D eigenvalue weighted by Crippen LogP contribution is -2.49. The smallest absolute Gasteiger partial charge is 0.230 e. The van der Waals surface area contributed by atoms with Crippen LogP contribution in [0.3, 0.4) is 0 Å². The number of halogens is 2. The minimum Gasteiger partial charge on any atom is -0.383 e. The summed E-state index contributed by atoms with van der Waals surface area (Å²) in [5, 5.41) is 4.22. The van der Waals surface area contributed by atoms with Crippen molar-refractivity contribution in [3.63, 3.8) is 0 Å². The van der Waals surface area contributed by atoms with Crippen LogP contribution in [0, 0.1) is 0 Å². The van der Waals surface area contributed by atoms with Gasteiger partial charge in [0.15, 0.2) is 0 Å². The Hall–Kier alpha value is -2.12. The van der Waals surface area contributed by atoms with Gasteiger partial charge in [-0.2, -0.15) is 0 Å². The van der Waals surface area contributed by atoms with Crippen molar-refractivity contribution in [2.24, 2.45) is 0 Å². The number of hydrogen-bond donors (Lipinski definition) is 1. The second kappa shape index (κ2) is 14.3. The average Bonchev–Trinajstić information content (AvgIpc) is 2.92. The monoisotopic (exact) mass is 561 g/mol. The maximum absolute atomic E-state index is 13.9. The number of hydrogen-bond acceptors (Lipinski definition) is 4. The summed E-state index contributed by atoms with van der Waals surface area (Å²) in [6, 6.07) is 15.7. The number of methoxy groups -OCH3 is 1. The quantitative estimate of drug-likeness (QED) is 0.352. The minimum atomic E-state index is -0.794. The molecule has 3 rings (SSSR count). The molecule has 0 saturated carbocycles. The lowest BCUT2D eigenvalue weighted by atomic mass is 9.77. The third-order valence-corrected chi connectivity index (χ3v) is 8.58. The molecule has 2 atom stereocenters. The van der Waals surface area contributed by atoms with Crippen molar-refractivity contribution < 1.29 is 14.3 Å². The fraction of sp³-hybridized carbons (Fsp3) is 0.533. The number of benzene rings is 2. The first kappa shape index (κ1) is 30.4. The molecular formula is C30H41Cl2N3O3. The van der Waals surface area contributed by atoms with Crippen LogP contribution in [0.25, 0.3) is 0 Å². The number of nitrogens with one attached hydrogen (secondary N) is 1. The van der Waals surface area contributed by atoms with E-state index in [1.165, 1.54) is 0 Å². The van der Waals surface area contributed by atoms with Crippen LogP contribution in [0.1, 0.15) is 63.6 Å². The van der Waals surface area contributed by atoms with E-state index in [1.807, 2.05) is 54.3 Å². The van der Waals surface area contributed by atoms with Gasteiger partial charge in [0, 0.05) is 39.7 Å². The summed E-state index contributed by atoms with van der Waals surface area (Å²) in [5.41, 5.74) is 1.15. The predicted octanol–water partition coefficient (Wildman–Crippen LogP) is 5.87. The molecule has 1 aliphatic rings. The molecule has 6 nitrogen and oxygen atoms in total. The van der Waals surface area contributed by atoms with Gasteiger partial charge in [-0.1, -0.05) is 66.5 Å². The molecule has 38 heavy (non-hydrogen) atoms. The molecule has 2 aromatic carbocycles. The van der Waals surface area contributed by atoms with Gasteiger partial charge >= 0.3 is 0 Å². The Kier molecular flexibility index (Phi) is 11.5. The first-order valence-electron chi connectivity index (χ1n) is 13.5. The van der Waals surface area contributed by atoms with Crippen molar-refractivity contribution in [3.05, 3.63) is 69.7 Å². The number of nitrogens with zero attached hydrogens (tertiary/aromatic N) is 2. The highest BCUT2D eigenvalue weighted by Crippen LogP contribution is 2.34. The molecule has 0 aromatic heterocycles. The van der Waals surface area contributed by atoms with Crippen molar-refractivity contribution in [3.8, 4) is 0 Å². The number of likely N-dealkylation sites (tertiary alicyclic amines) is 1. The van der Waals surface area contributed by atoms with Crippen LogP contribution in [0.2, 0.25) is 10.0 Å². The van der Waals surface area contributed by atoms with Crippen LogP contribution in [-0.2, 0) is 19.7 Å². The Balaban J connectivity index is 1.73. The number of carbonyl (C=O) groups is 2. The first-order chi connectivity index (χ1) is 18.2. The molecule has 2 aromatic rings. The summed E-state index contributed by atoms with van der Waals surface area (Å²) >= 11 is 12.6. The van der Waals surface area contributed by atoms with Crippen LogP contribution in [0.4, 0.5) is 0 Å². The van der Waals surface area contributed by atoms with Gasteiger partial charge in [-0.25, -0.2) is 0 Å². The highest BCUT2D eigenvalue weighted by molar-refractivity contribution is 6.42. The lowest BCUT2D eigenvalue weighted by Gasteiger charge is -2.39. The molecule has 8 heteroatoms. The number of carbonyl (C=O) groups excluding carboxylic acids is 2. The van der Waals surface area contributed by atoms with Gasteiger partial charge in [0.05, 0.1) is 28.1 Å². The minimum absolute atomic E-state index is 0.0243. The van der Waals surface area contributed by atoms with Gasteiger partial charge in [0.25, 0.3) is 0 Å². The van der Waals surface area contributed by atoms with Crippen LogP contribution in [0.15, 0.2) is 48.5 Å². The molecule has 0 spiro atoms. The van der Waals surface area contributed by atoms with E-state index in [-0.39, 0.29) is 23.9 Å². The van der Waals surface area contributed by atoms with Gasteiger partial charge in [0.2, 0.25) is 11.8 Å². The van der Waals surface area contributed by atoms with Gasteiger partial charge in [-0.05, 0) is 62.4 Å². The van der Waals surface area contributed by atoms with Gasteiger partial charge < -0.3 is 19.9 Å². The summed E-state index contributed by atoms with van der Waals surface area (Å²) in [6.07, 6.45) is 3.24. The van der Waals surface area contributed by atoms with E-state index >= 15 is 0 Å². The first-order valence-corrected chi connectivity index (χ1v) is 14.2. The maximum Gasteiger partial charge on any atom is 0.230 e. The summed E-state index contributed by atoms with van der Waals surface area (Å²) in [5.74, 6) is 0.0667. The largest absolute Gasteiger partial charge is 0.383 e. The molecular weight excluding hydrogens is 521 g/mol. The molecule has 2 amide bonds. The second-order valence-electron chi connectivity index (χ2n) is 10.3. The van der Waals surface area contributed by atoms with E-state index in [2.05, 4.69) is 17.1 Å². The zero-order valence-electron chi connectivity index (χ0n) is 23.0. The SMILES string of the molecule is CCC(NC(=O)C(C)(CCN1CCC(N(CCOC)C(C)=O)CC1)c1ccc(Cl)c(Cl)c1)c1ccccc1.